The molecule has 2 aromatic heterocycles. The Labute approximate surface area is 166 Å². The molecule has 0 bridgehead atoms. The van der Waals surface area contributed by atoms with Gasteiger partial charge in [-0.1, -0.05) is 42.1 Å². The SMILES string of the molecule is COc1ccccc1-c1nnc(SCC(=O)c2ccc[nH]2)n1-c1ccccc1. The maximum atomic E-state index is 12.4. The van der Waals surface area contributed by atoms with Gasteiger partial charge in [-0.3, -0.25) is 9.36 Å². The first kappa shape index (κ1) is 18.1. The monoisotopic (exact) mass is 390 g/mol. The van der Waals surface area contributed by atoms with Crippen LogP contribution in [0.15, 0.2) is 78.1 Å². The predicted molar refractivity (Wildman–Crippen MR) is 109 cm³/mol. The molecule has 4 rings (SSSR count). The molecule has 0 unspecified atom stereocenters. The van der Waals surface area contributed by atoms with Crippen molar-refractivity contribution in [2.75, 3.05) is 12.9 Å². The standard InChI is InChI=1S/C21H18N4O2S/c1-27-19-12-6-5-10-16(19)20-23-24-21(25(20)15-8-3-2-4-9-15)28-14-18(26)17-11-7-13-22-17/h2-13,22H,14H2,1H3. The second-order valence-electron chi connectivity index (χ2n) is 5.97. The minimum absolute atomic E-state index is 0.0106. The van der Waals surface area contributed by atoms with E-state index in [1.807, 2.05) is 65.2 Å². The van der Waals surface area contributed by atoms with Crippen LogP contribution in [0.25, 0.3) is 17.1 Å². The minimum Gasteiger partial charge on any atom is -0.496 e. The summed E-state index contributed by atoms with van der Waals surface area (Å²) < 4.78 is 7.45. The molecule has 7 heteroatoms. The summed E-state index contributed by atoms with van der Waals surface area (Å²) in [6.45, 7) is 0. The number of Topliss-reactive ketones (excluding diaryl/α,β-unsaturated/α-hetero) is 1. The van der Waals surface area contributed by atoms with Gasteiger partial charge in [-0.25, -0.2) is 0 Å². The Morgan fingerprint density at radius 2 is 1.82 bits per heavy atom. The van der Waals surface area contributed by atoms with Crippen LogP contribution in [-0.2, 0) is 0 Å². The number of carbonyl (C=O) groups is 1. The lowest BCUT2D eigenvalue weighted by Crippen LogP contribution is -2.05. The molecule has 0 aliphatic heterocycles. The Kier molecular flexibility index (Phi) is 5.25. The van der Waals surface area contributed by atoms with Gasteiger partial charge in [0.15, 0.2) is 16.8 Å². The van der Waals surface area contributed by atoms with E-state index in [1.54, 1.807) is 19.4 Å². The molecule has 0 saturated carbocycles. The molecule has 140 valence electrons. The fraction of sp³-hybridized carbons (Fsp3) is 0.0952. The summed E-state index contributed by atoms with van der Waals surface area (Å²) in [5.74, 6) is 1.65. The van der Waals surface area contributed by atoms with Crippen LogP contribution in [-0.4, -0.2) is 38.4 Å². The minimum atomic E-state index is 0.0106. The molecule has 0 saturated heterocycles. The number of aromatic amines is 1. The maximum absolute atomic E-state index is 12.4. The van der Waals surface area contributed by atoms with E-state index in [2.05, 4.69) is 15.2 Å². The number of carbonyl (C=O) groups excluding carboxylic acids is 1. The van der Waals surface area contributed by atoms with Gasteiger partial charge < -0.3 is 9.72 Å². The molecular weight excluding hydrogens is 372 g/mol. The van der Waals surface area contributed by atoms with E-state index < -0.39 is 0 Å². The molecule has 6 nitrogen and oxygen atoms in total. The van der Waals surface area contributed by atoms with Crippen LogP contribution in [0.1, 0.15) is 10.5 Å². The quantitative estimate of drug-likeness (QED) is 0.377. The number of ketones is 1. The topological polar surface area (TPSA) is 72.8 Å². The lowest BCUT2D eigenvalue weighted by molar-refractivity contribution is 0.101. The zero-order valence-electron chi connectivity index (χ0n) is 15.2. The van der Waals surface area contributed by atoms with E-state index in [0.29, 0.717) is 22.4 Å². The van der Waals surface area contributed by atoms with Gasteiger partial charge >= 0.3 is 0 Å². The summed E-state index contributed by atoms with van der Waals surface area (Å²) in [5.41, 5.74) is 2.34. The van der Waals surface area contributed by atoms with E-state index in [1.165, 1.54) is 11.8 Å². The molecule has 0 fully saturated rings. The van der Waals surface area contributed by atoms with Gasteiger partial charge in [0, 0.05) is 11.9 Å². The average molecular weight is 390 g/mol. The first-order chi connectivity index (χ1) is 13.8. The van der Waals surface area contributed by atoms with Crippen molar-refractivity contribution in [3.8, 4) is 22.8 Å². The maximum Gasteiger partial charge on any atom is 0.196 e. The lowest BCUT2D eigenvalue weighted by Gasteiger charge is -2.12. The molecule has 0 radical (unpaired) electrons. The third-order valence-electron chi connectivity index (χ3n) is 4.23. The molecule has 4 aromatic rings. The van der Waals surface area contributed by atoms with Gasteiger partial charge in [-0.05, 0) is 36.4 Å². The predicted octanol–water partition coefficient (Wildman–Crippen LogP) is 4.25. The number of nitrogens with zero attached hydrogens (tertiary/aromatic N) is 3. The second kappa shape index (κ2) is 8.14. The summed E-state index contributed by atoms with van der Waals surface area (Å²) >= 11 is 1.36. The second-order valence-corrected chi connectivity index (χ2v) is 6.92. The van der Waals surface area contributed by atoms with Crippen molar-refractivity contribution >= 4 is 17.5 Å². The highest BCUT2D eigenvalue weighted by Crippen LogP contribution is 2.33. The molecule has 0 aliphatic rings. The normalized spacial score (nSPS) is 10.8. The third kappa shape index (κ3) is 3.57. The molecule has 0 amide bonds. The van der Waals surface area contributed by atoms with Crippen LogP contribution in [0.4, 0.5) is 0 Å². The number of aromatic nitrogens is 4. The van der Waals surface area contributed by atoms with E-state index in [9.17, 15) is 4.79 Å². The summed E-state index contributed by atoms with van der Waals surface area (Å²) in [4.78, 5) is 15.3. The van der Waals surface area contributed by atoms with Crippen LogP contribution in [0.3, 0.4) is 0 Å². The molecule has 28 heavy (non-hydrogen) atoms. The zero-order valence-corrected chi connectivity index (χ0v) is 16.0. The third-order valence-corrected chi connectivity index (χ3v) is 5.16. The number of thioether (sulfide) groups is 1. The molecule has 1 N–H and O–H groups in total. The van der Waals surface area contributed by atoms with Gasteiger partial charge in [0.1, 0.15) is 5.75 Å². The van der Waals surface area contributed by atoms with E-state index in [0.717, 1.165) is 11.3 Å². The van der Waals surface area contributed by atoms with Crippen LogP contribution in [0.5, 0.6) is 5.75 Å². The molecule has 0 spiro atoms. The summed E-state index contributed by atoms with van der Waals surface area (Å²) in [6.07, 6.45) is 1.74. The number of benzene rings is 2. The average Bonchev–Trinajstić information content (AvgIpc) is 3.43. The van der Waals surface area contributed by atoms with Crippen molar-refractivity contribution in [2.45, 2.75) is 5.16 Å². The number of methoxy groups -OCH3 is 1. The highest BCUT2D eigenvalue weighted by atomic mass is 32.2. The van der Waals surface area contributed by atoms with Gasteiger partial charge in [0.05, 0.1) is 24.1 Å². The number of nitrogens with one attached hydrogen (secondary N) is 1. The van der Waals surface area contributed by atoms with Crippen molar-refractivity contribution in [3.05, 3.63) is 78.6 Å². The number of H-pyrrole nitrogens is 1. The molecule has 2 heterocycles. The highest BCUT2D eigenvalue weighted by molar-refractivity contribution is 7.99. The first-order valence-electron chi connectivity index (χ1n) is 8.71. The largest absolute Gasteiger partial charge is 0.496 e. The van der Waals surface area contributed by atoms with Crippen molar-refractivity contribution in [1.29, 1.82) is 0 Å². The number of rotatable bonds is 7. The number of para-hydroxylation sites is 2. The van der Waals surface area contributed by atoms with Crippen molar-refractivity contribution in [1.82, 2.24) is 19.7 Å². The first-order valence-corrected chi connectivity index (χ1v) is 9.70. The van der Waals surface area contributed by atoms with Gasteiger partial charge in [-0.15, -0.1) is 10.2 Å². The van der Waals surface area contributed by atoms with E-state index in [-0.39, 0.29) is 11.5 Å². The number of hydrogen-bond donors (Lipinski definition) is 1. The van der Waals surface area contributed by atoms with Crippen LogP contribution >= 0.6 is 11.8 Å². The van der Waals surface area contributed by atoms with Crippen molar-refractivity contribution in [2.24, 2.45) is 0 Å². The Morgan fingerprint density at radius 1 is 1.04 bits per heavy atom. The van der Waals surface area contributed by atoms with Gasteiger partial charge in [0.2, 0.25) is 0 Å². The van der Waals surface area contributed by atoms with Gasteiger partial charge in [-0.2, -0.15) is 0 Å². The molecule has 0 aliphatic carbocycles. The smallest absolute Gasteiger partial charge is 0.196 e. The number of hydrogen-bond acceptors (Lipinski definition) is 5. The zero-order chi connectivity index (χ0) is 19.3. The van der Waals surface area contributed by atoms with E-state index in [4.69, 9.17) is 4.74 Å². The summed E-state index contributed by atoms with van der Waals surface area (Å²) in [7, 11) is 1.63. The van der Waals surface area contributed by atoms with Crippen LogP contribution in [0, 0.1) is 0 Å². The number of ether oxygens (including phenoxy) is 1. The Bertz CT molecular complexity index is 1080. The summed E-state index contributed by atoms with van der Waals surface area (Å²) in [5, 5.41) is 9.41. The van der Waals surface area contributed by atoms with Crippen molar-refractivity contribution in [3.63, 3.8) is 0 Å². The molecular formula is C21H18N4O2S. The van der Waals surface area contributed by atoms with Crippen molar-refractivity contribution < 1.29 is 9.53 Å². The Balaban J connectivity index is 1.73. The Morgan fingerprint density at radius 3 is 2.57 bits per heavy atom. The highest BCUT2D eigenvalue weighted by Gasteiger charge is 2.20. The van der Waals surface area contributed by atoms with Crippen LogP contribution in [0.2, 0.25) is 0 Å². The molecule has 2 aromatic carbocycles. The van der Waals surface area contributed by atoms with Gasteiger partial charge in [0.25, 0.3) is 0 Å². The lowest BCUT2D eigenvalue weighted by atomic mass is 10.2. The van der Waals surface area contributed by atoms with Crippen LogP contribution < -0.4 is 4.74 Å². The van der Waals surface area contributed by atoms with E-state index >= 15 is 0 Å². The Hall–Kier alpha value is -3.32. The molecule has 0 atom stereocenters. The fourth-order valence-corrected chi connectivity index (χ4v) is 3.72. The fourth-order valence-electron chi connectivity index (χ4n) is 2.89. The summed E-state index contributed by atoms with van der Waals surface area (Å²) in [6, 6.07) is 21.1.